The molecule has 0 aliphatic carbocycles. The third-order valence-electron chi connectivity index (χ3n) is 2.58. The summed E-state index contributed by atoms with van der Waals surface area (Å²) in [6.45, 7) is 0. The highest BCUT2D eigenvalue weighted by atomic mass is 32.1. The second-order valence-corrected chi connectivity index (χ2v) is 4.66. The molecule has 0 aliphatic rings. The van der Waals surface area contributed by atoms with Crippen molar-refractivity contribution in [2.75, 3.05) is 0 Å². The minimum atomic E-state index is -0.172. The first-order valence-electron chi connectivity index (χ1n) is 5.17. The zero-order valence-electron chi connectivity index (χ0n) is 8.83. The normalized spacial score (nSPS) is 10.8. The van der Waals surface area contributed by atoms with Gasteiger partial charge in [-0.2, -0.15) is 0 Å². The Morgan fingerprint density at radius 3 is 2.47 bits per heavy atom. The lowest BCUT2D eigenvalue weighted by molar-refractivity contribution is 0.481. The maximum absolute atomic E-state index is 12.2. The van der Waals surface area contributed by atoms with E-state index in [-0.39, 0.29) is 11.3 Å². The van der Waals surface area contributed by atoms with Crippen LogP contribution in [0, 0.1) is 0 Å². The zero-order chi connectivity index (χ0) is 11.8. The van der Waals surface area contributed by atoms with E-state index in [0.29, 0.717) is 5.39 Å². The molecule has 0 atom stereocenters. The molecule has 0 spiro atoms. The van der Waals surface area contributed by atoms with Crippen LogP contribution in [0.15, 0.2) is 53.3 Å². The van der Waals surface area contributed by atoms with Gasteiger partial charge in [0.25, 0.3) is 5.56 Å². The Morgan fingerprint density at radius 2 is 1.76 bits per heavy atom. The van der Waals surface area contributed by atoms with Crippen LogP contribution in [0.4, 0.5) is 0 Å². The Morgan fingerprint density at radius 1 is 1.00 bits per heavy atom. The zero-order valence-corrected chi connectivity index (χ0v) is 9.65. The van der Waals surface area contributed by atoms with Gasteiger partial charge in [-0.3, -0.25) is 4.79 Å². The molecule has 2 aromatic carbocycles. The Balaban J connectivity index is 2.37. The fourth-order valence-electron chi connectivity index (χ4n) is 1.79. The fourth-order valence-corrected chi connectivity index (χ4v) is 2.81. The molecule has 17 heavy (non-hydrogen) atoms. The molecular weight excluding hydrogens is 234 g/mol. The Hall–Kier alpha value is -2.07. The lowest BCUT2D eigenvalue weighted by Crippen LogP contribution is -2.10. The number of para-hydroxylation sites is 1. The summed E-state index contributed by atoms with van der Waals surface area (Å²) >= 11 is 1.34. The molecule has 0 fully saturated rings. The number of hydrogen-bond acceptors (Lipinski definition) is 3. The van der Waals surface area contributed by atoms with Crippen molar-refractivity contribution in [1.82, 2.24) is 3.96 Å². The topological polar surface area (TPSA) is 42.2 Å². The van der Waals surface area contributed by atoms with Crippen LogP contribution < -0.4 is 5.56 Å². The molecule has 1 N–H and O–H groups in total. The third kappa shape index (κ3) is 1.54. The SMILES string of the molecule is O=c1c2c(O)cccc2sn1-c1ccccc1. The highest BCUT2D eigenvalue weighted by Crippen LogP contribution is 2.26. The van der Waals surface area contributed by atoms with Gasteiger partial charge in [0.2, 0.25) is 0 Å². The summed E-state index contributed by atoms with van der Waals surface area (Å²) in [7, 11) is 0. The number of aromatic nitrogens is 1. The van der Waals surface area contributed by atoms with E-state index >= 15 is 0 Å². The average molecular weight is 243 g/mol. The number of fused-ring (bicyclic) bond motifs is 1. The van der Waals surface area contributed by atoms with Crippen LogP contribution in [-0.2, 0) is 0 Å². The van der Waals surface area contributed by atoms with Crippen molar-refractivity contribution in [1.29, 1.82) is 0 Å². The van der Waals surface area contributed by atoms with Crippen molar-refractivity contribution < 1.29 is 5.11 Å². The number of hydrogen-bond donors (Lipinski definition) is 1. The van der Waals surface area contributed by atoms with Gasteiger partial charge in [0.15, 0.2) is 0 Å². The van der Waals surface area contributed by atoms with Crippen LogP contribution in [0.5, 0.6) is 5.75 Å². The fraction of sp³-hybridized carbons (Fsp3) is 0. The Labute approximate surface area is 101 Å². The molecule has 0 amide bonds. The summed E-state index contributed by atoms with van der Waals surface area (Å²) in [6, 6.07) is 14.5. The van der Waals surface area contributed by atoms with E-state index in [4.69, 9.17) is 0 Å². The lowest BCUT2D eigenvalue weighted by atomic mass is 10.2. The van der Waals surface area contributed by atoms with Gasteiger partial charge in [-0.1, -0.05) is 35.8 Å². The number of phenolic OH excluding ortho intramolecular Hbond substituents is 1. The van der Waals surface area contributed by atoms with E-state index in [0.717, 1.165) is 10.4 Å². The smallest absolute Gasteiger partial charge is 0.276 e. The lowest BCUT2D eigenvalue weighted by Gasteiger charge is -1.97. The first-order valence-corrected chi connectivity index (χ1v) is 5.94. The number of rotatable bonds is 1. The van der Waals surface area contributed by atoms with Gasteiger partial charge in [0.1, 0.15) is 11.1 Å². The minimum Gasteiger partial charge on any atom is -0.507 e. The number of aromatic hydroxyl groups is 1. The summed E-state index contributed by atoms with van der Waals surface area (Å²) in [5.74, 6) is 0.0402. The van der Waals surface area contributed by atoms with E-state index in [1.54, 1.807) is 10.0 Å². The van der Waals surface area contributed by atoms with Crippen LogP contribution in [0.1, 0.15) is 0 Å². The van der Waals surface area contributed by atoms with Gasteiger partial charge in [-0.25, -0.2) is 3.96 Å². The van der Waals surface area contributed by atoms with E-state index in [2.05, 4.69) is 0 Å². The van der Waals surface area contributed by atoms with Crippen LogP contribution in [-0.4, -0.2) is 9.06 Å². The first-order chi connectivity index (χ1) is 8.27. The van der Waals surface area contributed by atoms with Crippen molar-refractivity contribution >= 4 is 21.6 Å². The van der Waals surface area contributed by atoms with Gasteiger partial charge in [-0.05, 0) is 24.3 Å². The second-order valence-electron chi connectivity index (χ2n) is 3.68. The molecule has 1 heterocycles. The largest absolute Gasteiger partial charge is 0.507 e. The summed E-state index contributed by atoms with van der Waals surface area (Å²) < 4.78 is 2.38. The van der Waals surface area contributed by atoms with Crippen LogP contribution in [0.25, 0.3) is 15.8 Å². The minimum absolute atomic E-state index is 0.0402. The maximum atomic E-state index is 12.2. The van der Waals surface area contributed by atoms with E-state index < -0.39 is 0 Å². The van der Waals surface area contributed by atoms with Crippen molar-refractivity contribution in [3.63, 3.8) is 0 Å². The first kappa shape index (κ1) is 10.1. The average Bonchev–Trinajstić information content (AvgIpc) is 2.69. The van der Waals surface area contributed by atoms with Crippen LogP contribution in [0.2, 0.25) is 0 Å². The predicted molar refractivity (Wildman–Crippen MR) is 69.1 cm³/mol. The molecule has 0 saturated heterocycles. The Bertz CT molecular complexity index is 728. The standard InChI is InChI=1S/C13H9NO2S/c15-10-7-4-8-11-12(10)13(16)14(17-11)9-5-2-1-3-6-9/h1-8,15H. The quantitative estimate of drug-likeness (QED) is 0.714. The van der Waals surface area contributed by atoms with Crippen molar-refractivity contribution in [2.24, 2.45) is 0 Å². The summed E-state index contributed by atoms with van der Waals surface area (Å²) in [4.78, 5) is 12.2. The second kappa shape index (κ2) is 3.75. The van der Waals surface area contributed by atoms with E-state index in [1.165, 1.54) is 17.6 Å². The molecule has 0 aliphatic heterocycles. The van der Waals surface area contributed by atoms with Gasteiger partial charge in [0.05, 0.1) is 10.4 Å². The maximum Gasteiger partial charge on any atom is 0.276 e. The predicted octanol–water partition coefficient (Wildman–Crippen LogP) is 2.76. The number of phenols is 1. The van der Waals surface area contributed by atoms with E-state index in [9.17, 15) is 9.90 Å². The third-order valence-corrected chi connectivity index (χ3v) is 3.68. The molecular formula is C13H9NO2S. The van der Waals surface area contributed by atoms with Crippen molar-refractivity contribution in [3.05, 3.63) is 58.9 Å². The molecule has 4 heteroatoms. The molecule has 0 unspecified atom stereocenters. The molecule has 3 nitrogen and oxygen atoms in total. The van der Waals surface area contributed by atoms with Gasteiger partial charge in [-0.15, -0.1) is 0 Å². The monoisotopic (exact) mass is 243 g/mol. The Kier molecular flexibility index (Phi) is 2.23. The van der Waals surface area contributed by atoms with E-state index in [1.807, 2.05) is 36.4 Å². The van der Waals surface area contributed by atoms with Gasteiger partial charge < -0.3 is 5.11 Å². The highest BCUT2D eigenvalue weighted by molar-refractivity contribution is 7.14. The molecule has 0 saturated carbocycles. The summed E-state index contributed by atoms with van der Waals surface area (Å²) in [5.41, 5.74) is 0.646. The van der Waals surface area contributed by atoms with Crippen LogP contribution in [0.3, 0.4) is 0 Å². The molecule has 3 aromatic rings. The summed E-state index contributed by atoms with van der Waals surface area (Å²) in [5, 5.41) is 10.1. The summed E-state index contributed by atoms with van der Waals surface area (Å²) in [6.07, 6.45) is 0. The number of nitrogens with zero attached hydrogens (tertiary/aromatic N) is 1. The molecule has 3 rings (SSSR count). The van der Waals surface area contributed by atoms with Gasteiger partial charge in [0, 0.05) is 0 Å². The van der Waals surface area contributed by atoms with Crippen molar-refractivity contribution in [3.8, 4) is 11.4 Å². The van der Waals surface area contributed by atoms with Gasteiger partial charge >= 0.3 is 0 Å². The van der Waals surface area contributed by atoms with Crippen LogP contribution >= 0.6 is 11.5 Å². The highest BCUT2D eigenvalue weighted by Gasteiger charge is 2.11. The molecule has 1 aromatic heterocycles. The molecule has 0 bridgehead atoms. The van der Waals surface area contributed by atoms with Crippen molar-refractivity contribution in [2.45, 2.75) is 0 Å². The molecule has 84 valence electrons. The molecule has 0 radical (unpaired) electrons. The number of benzene rings is 2.